The average molecular weight is 855 g/mol. The van der Waals surface area contributed by atoms with E-state index in [1.165, 1.54) is 55.0 Å². The van der Waals surface area contributed by atoms with Crippen molar-refractivity contribution in [2.45, 2.75) is 0 Å². The van der Waals surface area contributed by atoms with Gasteiger partial charge in [0.2, 0.25) is 0 Å². The highest BCUT2D eigenvalue weighted by Crippen LogP contribution is 2.46. The summed E-state index contributed by atoms with van der Waals surface area (Å²) in [6.45, 7) is 0. The topological polar surface area (TPSA) is 21.3 Å². The smallest absolute Gasteiger partial charge is 0.143 e. The first-order valence-corrected chi connectivity index (χ1v) is 22.9. The highest BCUT2D eigenvalue weighted by atomic mass is 16.3. The molecule has 13 aromatic rings. The third-order valence-electron chi connectivity index (χ3n) is 13.4. The number of nitrogens with zero attached hydrogens (tertiary/aromatic N) is 2. The minimum atomic E-state index is 0.886. The van der Waals surface area contributed by atoms with Crippen LogP contribution in [-0.4, -0.2) is 4.57 Å². The van der Waals surface area contributed by atoms with Gasteiger partial charge in [0.05, 0.1) is 22.4 Å². The van der Waals surface area contributed by atoms with E-state index >= 15 is 0 Å². The van der Waals surface area contributed by atoms with Gasteiger partial charge in [0.1, 0.15) is 11.2 Å². The highest BCUT2D eigenvalue weighted by Gasteiger charge is 2.22. The average Bonchev–Trinajstić information content (AvgIpc) is 3.95. The van der Waals surface area contributed by atoms with Gasteiger partial charge in [-0.2, -0.15) is 0 Å². The van der Waals surface area contributed by atoms with E-state index < -0.39 is 0 Å². The van der Waals surface area contributed by atoms with Crippen LogP contribution in [0.15, 0.2) is 259 Å². The number of rotatable bonds is 8. The molecule has 0 saturated heterocycles. The lowest BCUT2D eigenvalue weighted by Crippen LogP contribution is -2.11. The zero-order chi connectivity index (χ0) is 44.3. The molecule has 0 fully saturated rings. The Morgan fingerprint density at radius 1 is 0.313 bits per heavy atom. The maximum absolute atomic E-state index is 6.64. The van der Waals surface area contributed by atoms with E-state index in [4.69, 9.17) is 4.42 Å². The molecular formula is C64H42N2O. The van der Waals surface area contributed by atoms with Gasteiger partial charge in [-0.1, -0.05) is 200 Å². The molecule has 314 valence electrons. The molecule has 0 saturated carbocycles. The van der Waals surface area contributed by atoms with E-state index in [0.29, 0.717) is 0 Å². The minimum absolute atomic E-state index is 0.886. The molecule has 3 heteroatoms. The molecule has 0 bridgehead atoms. The third-order valence-corrected chi connectivity index (χ3v) is 13.4. The Labute approximate surface area is 388 Å². The van der Waals surface area contributed by atoms with Gasteiger partial charge in [-0.3, -0.25) is 0 Å². The van der Waals surface area contributed by atoms with Crippen molar-refractivity contribution in [3.05, 3.63) is 255 Å². The van der Waals surface area contributed by atoms with Crippen molar-refractivity contribution < 1.29 is 4.42 Å². The lowest BCUT2D eigenvalue weighted by atomic mass is 9.96. The second-order valence-electron chi connectivity index (χ2n) is 17.2. The number of anilines is 3. The van der Waals surface area contributed by atoms with Crippen LogP contribution < -0.4 is 4.90 Å². The first kappa shape index (κ1) is 38.5. The summed E-state index contributed by atoms with van der Waals surface area (Å²) in [5.74, 6) is 0. The van der Waals surface area contributed by atoms with Gasteiger partial charge in [-0.25, -0.2) is 0 Å². The number of hydrogen-bond acceptors (Lipinski definition) is 2. The van der Waals surface area contributed by atoms with Crippen LogP contribution in [-0.2, 0) is 0 Å². The van der Waals surface area contributed by atoms with Gasteiger partial charge < -0.3 is 13.9 Å². The molecule has 11 aromatic carbocycles. The van der Waals surface area contributed by atoms with Crippen LogP contribution in [0.25, 0.3) is 105 Å². The lowest BCUT2D eigenvalue weighted by Gasteiger charge is -2.28. The monoisotopic (exact) mass is 854 g/mol. The maximum Gasteiger partial charge on any atom is 0.143 e. The molecule has 0 unspecified atom stereocenters. The predicted octanol–water partition coefficient (Wildman–Crippen LogP) is 18.0. The van der Waals surface area contributed by atoms with Crippen molar-refractivity contribution >= 4 is 71.6 Å². The Hall–Kier alpha value is -8.92. The van der Waals surface area contributed by atoms with Gasteiger partial charge in [-0.15, -0.1) is 0 Å². The Bertz CT molecular complexity index is 3930. The first-order valence-electron chi connectivity index (χ1n) is 22.9. The van der Waals surface area contributed by atoms with Gasteiger partial charge in [0.25, 0.3) is 0 Å². The van der Waals surface area contributed by atoms with Crippen LogP contribution >= 0.6 is 0 Å². The minimum Gasteiger partial charge on any atom is -0.455 e. The molecule has 2 heterocycles. The van der Waals surface area contributed by atoms with Crippen LogP contribution in [0.4, 0.5) is 17.1 Å². The summed E-state index contributed by atoms with van der Waals surface area (Å²) in [7, 11) is 0. The molecule has 13 rings (SSSR count). The Morgan fingerprint density at radius 3 is 1.64 bits per heavy atom. The fraction of sp³-hybridized carbons (Fsp3) is 0. The molecule has 0 aliphatic heterocycles. The second kappa shape index (κ2) is 16.0. The zero-order valence-electron chi connectivity index (χ0n) is 36.6. The zero-order valence-corrected chi connectivity index (χ0v) is 36.6. The normalized spacial score (nSPS) is 11.6. The van der Waals surface area contributed by atoms with Crippen molar-refractivity contribution in [2.75, 3.05) is 4.90 Å². The van der Waals surface area contributed by atoms with Crippen LogP contribution in [0, 0.1) is 0 Å². The summed E-state index contributed by atoms with van der Waals surface area (Å²) >= 11 is 0. The van der Waals surface area contributed by atoms with Crippen molar-refractivity contribution in [1.82, 2.24) is 4.57 Å². The van der Waals surface area contributed by atoms with Gasteiger partial charge in [-0.05, 0) is 93.2 Å². The molecule has 0 radical (unpaired) electrons. The number of benzene rings is 11. The Kier molecular flexibility index (Phi) is 9.17. The van der Waals surface area contributed by atoms with Gasteiger partial charge in [0.15, 0.2) is 0 Å². The Morgan fingerprint density at radius 2 is 0.851 bits per heavy atom. The van der Waals surface area contributed by atoms with E-state index in [9.17, 15) is 0 Å². The summed E-state index contributed by atoms with van der Waals surface area (Å²) < 4.78 is 9.05. The van der Waals surface area contributed by atoms with Crippen LogP contribution in [0.2, 0.25) is 0 Å². The van der Waals surface area contributed by atoms with Crippen molar-refractivity contribution in [3.63, 3.8) is 0 Å². The first-order chi connectivity index (χ1) is 33.2. The summed E-state index contributed by atoms with van der Waals surface area (Å²) in [6, 6.07) is 91.8. The van der Waals surface area contributed by atoms with E-state index in [-0.39, 0.29) is 0 Å². The summed E-state index contributed by atoms with van der Waals surface area (Å²) in [5, 5.41) is 7.20. The van der Waals surface area contributed by atoms with Crippen LogP contribution in [0.5, 0.6) is 0 Å². The molecule has 2 aromatic heterocycles. The fourth-order valence-electron chi connectivity index (χ4n) is 10.3. The number of fused-ring (bicyclic) bond motifs is 7. The molecule has 67 heavy (non-hydrogen) atoms. The quantitative estimate of drug-likeness (QED) is 0.152. The summed E-state index contributed by atoms with van der Waals surface area (Å²) in [4.78, 5) is 2.39. The molecule has 0 atom stereocenters. The van der Waals surface area contributed by atoms with E-state index in [0.717, 1.165) is 66.8 Å². The molecule has 0 amide bonds. The molecule has 0 N–H and O–H groups in total. The Balaban J connectivity index is 0.911. The summed E-state index contributed by atoms with van der Waals surface area (Å²) in [5.41, 5.74) is 17.7. The standard InChI is InChI=1S/C64H42N2O/c1-2-20-50-45(16-1)17-14-26-51(50)47-18-13-19-49(42-47)65(60-30-9-6-24-55(60)57-27-15-28-58-56-25-7-12-33-63(56)67-64(57)58)48-40-38-44(39-41-48)43-34-36-46(37-35-43)52-21-3-8-29-59(52)66-61-31-10-4-22-53(61)54-23-5-11-32-62(54)66/h1-42H. The maximum atomic E-state index is 6.64. The molecule has 0 aliphatic rings. The third kappa shape index (κ3) is 6.51. The van der Waals surface area contributed by atoms with Crippen LogP contribution in [0.1, 0.15) is 0 Å². The van der Waals surface area contributed by atoms with Crippen molar-refractivity contribution in [1.29, 1.82) is 0 Å². The largest absolute Gasteiger partial charge is 0.455 e. The predicted molar refractivity (Wildman–Crippen MR) is 282 cm³/mol. The lowest BCUT2D eigenvalue weighted by molar-refractivity contribution is 0.670. The van der Waals surface area contributed by atoms with Crippen LogP contribution in [0.3, 0.4) is 0 Å². The van der Waals surface area contributed by atoms with Gasteiger partial charge >= 0.3 is 0 Å². The molecule has 0 spiro atoms. The summed E-state index contributed by atoms with van der Waals surface area (Å²) in [6.07, 6.45) is 0. The fourth-order valence-corrected chi connectivity index (χ4v) is 10.3. The molecular weight excluding hydrogens is 813 g/mol. The SMILES string of the molecule is c1cc(-c2cccc3ccccc23)cc(N(c2ccc(-c3ccc(-c4ccccc4-n4c5ccccc5c5ccccc54)cc3)cc2)c2ccccc2-c2cccc3c2oc2ccccc23)c1. The number of hydrogen-bond donors (Lipinski definition) is 0. The second-order valence-corrected chi connectivity index (χ2v) is 17.2. The van der Waals surface area contributed by atoms with E-state index in [1.807, 2.05) is 6.07 Å². The van der Waals surface area contributed by atoms with Gasteiger partial charge in [0, 0.05) is 49.6 Å². The number of furan rings is 1. The van der Waals surface area contributed by atoms with E-state index in [1.54, 1.807) is 0 Å². The molecule has 3 nitrogen and oxygen atoms in total. The van der Waals surface area contributed by atoms with Crippen molar-refractivity contribution in [2.24, 2.45) is 0 Å². The highest BCUT2D eigenvalue weighted by molar-refractivity contribution is 6.12. The molecule has 0 aliphatic carbocycles. The van der Waals surface area contributed by atoms with Crippen molar-refractivity contribution in [3.8, 4) is 50.2 Å². The number of para-hydroxylation sites is 6. The van der Waals surface area contributed by atoms with E-state index in [2.05, 4.69) is 258 Å². The number of aromatic nitrogens is 1.